The summed E-state index contributed by atoms with van der Waals surface area (Å²) in [7, 11) is 0. The Morgan fingerprint density at radius 2 is 2.00 bits per heavy atom. The molecule has 4 rings (SSSR count). The highest BCUT2D eigenvalue weighted by Gasteiger charge is 2.26. The number of carbonyl (C=O) groups is 1. The normalized spacial score (nSPS) is 18.4. The Balaban J connectivity index is 1.52. The topological polar surface area (TPSA) is 116 Å². The van der Waals surface area contributed by atoms with Crippen molar-refractivity contribution in [2.75, 3.05) is 5.32 Å². The van der Waals surface area contributed by atoms with Crippen molar-refractivity contribution in [2.45, 2.75) is 64.1 Å². The van der Waals surface area contributed by atoms with E-state index in [0.29, 0.717) is 17.4 Å². The fraction of sp³-hybridized carbons (Fsp3) is 0.417. The van der Waals surface area contributed by atoms with Crippen molar-refractivity contribution in [1.29, 1.82) is 5.26 Å². The predicted octanol–water partition coefficient (Wildman–Crippen LogP) is 5.02. The number of nitrogens with zero attached hydrogens (tertiary/aromatic N) is 3. The summed E-state index contributed by atoms with van der Waals surface area (Å²) in [5.41, 5.74) is 0.259. The van der Waals surface area contributed by atoms with Crippen LogP contribution in [0.3, 0.4) is 0 Å². The van der Waals surface area contributed by atoms with E-state index in [9.17, 15) is 13.6 Å². The highest BCUT2D eigenvalue weighted by Crippen LogP contribution is 2.30. The van der Waals surface area contributed by atoms with Crippen molar-refractivity contribution in [3.05, 3.63) is 41.7 Å². The van der Waals surface area contributed by atoms with Crippen LogP contribution in [0, 0.1) is 23.0 Å². The summed E-state index contributed by atoms with van der Waals surface area (Å²) in [6, 6.07) is 4.39. The largest absolute Gasteiger partial charge is 0.444 e. The van der Waals surface area contributed by atoms with E-state index >= 15 is 0 Å². The number of nitriles is 1. The second-order valence-corrected chi connectivity index (χ2v) is 9.44. The van der Waals surface area contributed by atoms with E-state index in [0.717, 1.165) is 31.5 Å². The number of nitrogens with one attached hydrogen (secondary N) is 3. The Morgan fingerprint density at radius 1 is 1.24 bits per heavy atom. The molecule has 2 atom stereocenters. The first-order chi connectivity index (χ1) is 16.1. The fourth-order valence-electron chi connectivity index (χ4n) is 4.16. The standard InChI is InChI=1S/C24H26F2N6O2/c1-24(2,3)34-23(33)31-15-6-4-5-14(9-15)30-22-19(26)12-29-21(32-22)17-11-28-20-16(17)7-13(10-27)8-18(20)25/h7-8,11-12,14-15,28H,4-6,9H2,1-3H3,(H,31,33)(H,29,30,32). The Bertz CT molecular complexity index is 1260. The molecule has 3 N–H and O–H groups in total. The van der Waals surface area contributed by atoms with Gasteiger partial charge in [0.25, 0.3) is 0 Å². The minimum atomic E-state index is -0.616. The van der Waals surface area contributed by atoms with Crippen LogP contribution in [0.15, 0.2) is 24.5 Å². The van der Waals surface area contributed by atoms with Gasteiger partial charge in [0.15, 0.2) is 17.5 Å². The highest BCUT2D eigenvalue weighted by atomic mass is 19.1. The zero-order chi connectivity index (χ0) is 24.5. The number of hydrogen-bond acceptors (Lipinski definition) is 6. The number of halogens is 2. The van der Waals surface area contributed by atoms with Gasteiger partial charge in [0.2, 0.25) is 0 Å². The van der Waals surface area contributed by atoms with Crippen molar-refractivity contribution in [3.8, 4) is 17.5 Å². The lowest BCUT2D eigenvalue weighted by Crippen LogP contribution is -2.44. The second kappa shape index (κ2) is 9.25. The van der Waals surface area contributed by atoms with Crippen LogP contribution in [0.4, 0.5) is 19.4 Å². The molecule has 3 aromatic rings. The van der Waals surface area contributed by atoms with Crippen LogP contribution >= 0.6 is 0 Å². The third-order valence-corrected chi connectivity index (χ3v) is 5.59. The zero-order valence-electron chi connectivity index (χ0n) is 19.2. The van der Waals surface area contributed by atoms with E-state index in [1.54, 1.807) is 20.8 Å². The lowest BCUT2D eigenvalue weighted by atomic mass is 9.91. The molecule has 178 valence electrons. The highest BCUT2D eigenvalue weighted by molar-refractivity contribution is 5.95. The molecule has 1 aliphatic carbocycles. The summed E-state index contributed by atoms with van der Waals surface area (Å²) in [6.45, 7) is 5.41. The third-order valence-electron chi connectivity index (χ3n) is 5.59. The fourth-order valence-corrected chi connectivity index (χ4v) is 4.16. The molecule has 1 aromatic carbocycles. The van der Waals surface area contributed by atoms with E-state index in [2.05, 4.69) is 25.6 Å². The van der Waals surface area contributed by atoms with Crippen molar-refractivity contribution in [1.82, 2.24) is 20.3 Å². The van der Waals surface area contributed by atoms with E-state index in [1.807, 2.05) is 6.07 Å². The molecule has 8 nitrogen and oxygen atoms in total. The molecule has 1 fully saturated rings. The first kappa shape index (κ1) is 23.4. The molecule has 34 heavy (non-hydrogen) atoms. The van der Waals surface area contributed by atoms with Gasteiger partial charge in [0.05, 0.1) is 23.3 Å². The SMILES string of the molecule is CC(C)(C)OC(=O)NC1CCCC(Nc2nc(-c3c[nH]c4c(F)cc(C#N)cc34)ncc2F)C1. The number of fused-ring (bicyclic) bond motifs is 1. The summed E-state index contributed by atoms with van der Waals surface area (Å²) in [5, 5.41) is 15.6. The van der Waals surface area contributed by atoms with Crippen LogP contribution < -0.4 is 10.6 Å². The number of benzene rings is 1. The Morgan fingerprint density at radius 3 is 2.74 bits per heavy atom. The van der Waals surface area contributed by atoms with Gasteiger partial charge < -0.3 is 20.4 Å². The molecule has 0 bridgehead atoms. The van der Waals surface area contributed by atoms with Crippen LogP contribution in [0.1, 0.15) is 52.0 Å². The number of hydrogen-bond donors (Lipinski definition) is 3. The van der Waals surface area contributed by atoms with Gasteiger partial charge in [0.1, 0.15) is 11.4 Å². The molecule has 0 saturated heterocycles. The van der Waals surface area contributed by atoms with Gasteiger partial charge in [-0.05, 0) is 58.6 Å². The molecule has 2 heterocycles. The van der Waals surface area contributed by atoms with Crippen LogP contribution in [-0.2, 0) is 4.74 Å². The molecule has 1 aliphatic rings. The van der Waals surface area contributed by atoms with Gasteiger partial charge in [0, 0.05) is 29.2 Å². The van der Waals surface area contributed by atoms with Crippen molar-refractivity contribution in [3.63, 3.8) is 0 Å². The number of ether oxygens (including phenoxy) is 1. The van der Waals surface area contributed by atoms with Crippen LogP contribution in [0.5, 0.6) is 0 Å². The van der Waals surface area contributed by atoms with Gasteiger partial charge in [-0.3, -0.25) is 0 Å². The van der Waals surface area contributed by atoms with Crippen LogP contribution in [0.2, 0.25) is 0 Å². The number of aromatic nitrogens is 3. The van der Waals surface area contributed by atoms with Gasteiger partial charge in [-0.1, -0.05) is 0 Å². The average Bonchev–Trinajstić information content (AvgIpc) is 3.18. The first-order valence-electron chi connectivity index (χ1n) is 11.1. The summed E-state index contributed by atoms with van der Waals surface area (Å²) >= 11 is 0. The zero-order valence-corrected chi connectivity index (χ0v) is 19.2. The van der Waals surface area contributed by atoms with Crippen molar-refractivity contribution >= 4 is 22.8 Å². The van der Waals surface area contributed by atoms with E-state index in [4.69, 9.17) is 10.00 Å². The Hall–Kier alpha value is -3.74. The average molecular weight is 469 g/mol. The van der Waals surface area contributed by atoms with Gasteiger partial charge in [-0.25, -0.2) is 23.5 Å². The molecular weight excluding hydrogens is 442 g/mol. The molecule has 0 aliphatic heterocycles. The van der Waals surface area contributed by atoms with Crippen LogP contribution in [0.25, 0.3) is 22.3 Å². The number of aromatic amines is 1. The maximum absolute atomic E-state index is 14.6. The monoisotopic (exact) mass is 468 g/mol. The maximum atomic E-state index is 14.6. The Kier molecular flexibility index (Phi) is 6.37. The van der Waals surface area contributed by atoms with Crippen molar-refractivity contribution in [2.24, 2.45) is 0 Å². The molecular formula is C24H26F2N6O2. The Labute approximate surface area is 195 Å². The van der Waals surface area contributed by atoms with Crippen LogP contribution in [-0.4, -0.2) is 38.7 Å². The summed E-state index contributed by atoms with van der Waals surface area (Å²) in [6.07, 6.45) is 5.14. The van der Waals surface area contributed by atoms with Crippen molar-refractivity contribution < 1.29 is 18.3 Å². The number of rotatable bonds is 4. The van der Waals surface area contributed by atoms with E-state index < -0.39 is 23.3 Å². The number of amides is 1. The molecule has 2 unspecified atom stereocenters. The van der Waals surface area contributed by atoms with Gasteiger partial charge in [-0.15, -0.1) is 0 Å². The summed E-state index contributed by atoms with van der Waals surface area (Å²) in [5.74, 6) is -0.954. The molecule has 1 saturated carbocycles. The lowest BCUT2D eigenvalue weighted by molar-refractivity contribution is 0.0492. The smallest absolute Gasteiger partial charge is 0.407 e. The molecule has 1 amide bonds. The maximum Gasteiger partial charge on any atom is 0.407 e. The lowest BCUT2D eigenvalue weighted by Gasteiger charge is -2.31. The second-order valence-electron chi connectivity index (χ2n) is 9.44. The van der Waals surface area contributed by atoms with E-state index in [1.165, 1.54) is 12.3 Å². The third kappa shape index (κ3) is 5.25. The molecule has 0 radical (unpaired) electrons. The quantitative estimate of drug-likeness (QED) is 0.495. The summed E-state index contributed by atoms with van der Waals surface area (Å²) < 4.78 is 34.2. The predicted molar refractivity (Wildman–Crippen MR) is 123 cm³/mol. The van der Waals surface area contributed by atoms with Gasteiger partial charge >= 0.3 is 6.09 Å². The molecule has 10 heteroatoms. The minimum Gasteiger partial charge on any atom is -0.444 e. The molecule has 0 spiro atoms. The first-order valence-corrected chi connectivity index (χ1v) is 11.1. The summed E-state index contributed by atoms with van der Waals surface area (Å²) in [4.78, 5) is 23.4. The number of anilines is 1. The number of carbonyl (C=O) groups excluding carboxylic acids is 1. The molecule has 2 aromatic heterocycles. The van der Waals surface area contributed by atoms with Gasteiger partial charge in [-0.2, -0.15) is 5.26 Å². The number of alkyl carbamates (subject to hydrolysis) is 1. The number of H-pyrrole nitrogens is 1. The van der Waals surface area contributed by atoms with E-state index in [-0.39, 0.29) is 34.8 Å². The minimum absolute atomic E-state index is 0.0270.